The molecule has 0 aromatic rings. The predicted octanol–water partition coefficient (Wildman–Crippen LogP) is 7.37. The first kappa shape index (κ1) is 59.5. The number of hydrogen-bond acceptors (Lipinski definition) is 14. The number of ether oxygens (including phenoxy) is 6. The average Bonchev–Trinajstić information content (AvgIpc) is 3.36. The van der Waals surface area contributed by atoms with Crippen LogP contribution in [0.2, 0.25) is 0 Å². The van der Waals surface area contributed by atoms with E-state index in [1.165, 1.54) is 12.0 Å². The van der Waals surface area contributed by atoms with E-state index in [2.05, 4.69) is 0 Å². The number of methoxy groups -OCH3 is 2. The van der Waals surface area contributed by atoms with Crippen molar-refractivity contribution in [2.45, 2.75) is 199 Å². The Morgan fingerprint density at radius 2 is 1.57 bits per heavy atom. The van der Waals surface area contributed by atoms with Crippen molar-refractivity contribution in [1.29, 1.82) is 0 Å². The van der Waals surface area contributed by atoms with Gasteiger partial charge in [0.05, 0.1) is 24.4 Å². The first-order valence-corrected chi connectivity index (χ1v) is 27.1. The third-order valence-corrected chi connectivity index (χ3v) is 16.4. The predicted molar refractivity (Wildman–Crippen MR) is 272 cm³/mol. The number of Topliss-reactive ketones (excluding diaryl/α,β-unsaturated/α-hetero) is 3. The van der Waals surface area contributed by atoms with Gasteiger partial charge in [-0.3, -0.25) is 19.2 Å². The minimum atomic E-state index is -2.45. The van der Waals surface area contributed by atoms with Crippen LogP contribution < -0.4 is 0 Å². The smallest absolute Gasteiger partial charge is 0.329 e. The van der Waals surface area contributed by atoms with Gasteiger partial charge < -0.3 is 48.6 Å². The van der Waals surface area contributed by atoms with Crippen LogP contribution in [0, 0.1) is 41.4 Å². The van der Waals surface area contributed by atoms with Crippen molar-refractivity contribution in [3.63, 3.8) is 0 Å². The molecule has 1 aliphatic carbocycles. The number of esters is 1. The van der Waals surface area contributed by atoms with Crippen LogP contribution in [0.25, 0.3) is 0 Å². The molecule has 72 heavy (non-hydrogen) atoms. The molecular weight excluding hydrogens is 923 g/mol. The zero-order chi connectivity index (χ0) is 52.7. The Morgan fingerprint density at radius 1 is 0.833 bits per heavy atom. The molecule has 3 saturated heterocycles. The van der Waals surface area contributed by atoms with Crippen molar-refractivity contribution in [3.8, 4) is 0 Å². The number of aliphatic hydroxyl groups excluding tert-OH is 2. The molecule has 4 fully saturated rings. The molecule has 15 atom stereocenters. The van der Waals surface area contributed by atoms with Crippen molar-refractivity contribution in [1.82, 2.24) is 4.90 Å². The summed E-state index contributed by atoms with van der Waals surface area (Å²) in [6.07, 6.45) is 14.1. The molecular formula is C57H89NO14. The van der Waals surface area contributed by atoms with Gasteiger partial charge in [-0.05, 0) is 132 Å². The molecule has 0 aromatic heterocycles. The molecule has 15 nitrogen and oxygen atoms in total. The van der Waals surface area contributed by atoms with Gasteiger partial charge in [0, 0.05) is 71.2 Å². The molecule has 3 unspecified atom stereocenters. The molecule has 1 saturated carbocycles. The quantitative estimate of drug-likeness (QED) is 0.117. The van der Waals surface area contributed by atoms with Crippen molar-refractivity contribution < 1.29 is 67.7 Å². The minimum Gasteiger partial charge on any atom is -0.460 e. The van der Waals surface area contributed by atoms with Crippen LogP contribution in [0.4, 0.5) is 0 Å². The highest BCUT2D eigenvalue weighted by Crippen LogP contribution is 2.38. The average molecular weight is 1010 g/mol. The fraction of sp³-hybridized carbons (Fsp3) is 0.772. The standard InChI is InChI=1S/C57H89NO14/c1-35-15-11-10-12-16-36(2)48(70-28-24-42-22-26-69-27-23-42)33-44-20-18-41(7)57(66,72-44)54(63)55(64)58-25-14-13-17-45(58)56(65)71-49(38(4)31-43-19-21-46(59)50(32-43)67-8)34-47(60)37(3)30-40(6)52(62)53(68-9)51(61)39(5)29-35/h10-12,15-16,30,35,37-39,41-46,48-50,52-53,59,62,66H,13-14,17-29,31-34H2,1-9H3/b12-10+,15-11+,36-16+,40-30+/t35-,37-,38-,39-,41-,43+,44?,45?,46-,48?,49+,50-,52-,53+,57-/m1/s1. The van der Waals surface area contributed by atoms with Crippen LogP contribution in [-0.2, 0) is 52.4 Å². The topological polar surface area (TPSA) is 205 Å². The van der Waals surface area contributed by atoms with Gasteiger partial charge >= 0.3 is 5.97 Å². The number of hydrogen-bond donors (Lipinski definition) is 3. The van der Waals surface area contributed by atoms with Crippen molar-refractivity contribution in [3.05, 3.63) is 47.6 Å². The number of carbonyl (C=O) groups excluding carboxylic acids is 5. The molecule has 0 spiro atoms. The number of ketones is 3. The molecule has 4 heterocycles. The number of carbonyl (C=O) groups is 5. The summed E-state index contributed by atoms with van der Waals surface area (Å²) in [5.41, 5.74) is 1.30. The molecule has 0 radical (unpaired) electrons. The van der Waals surface area contributed by atoms with Crippen LogP contribution in [0.15, 0.2) is 47.6 Å². The lowest BCUT2D eigenvalue weighted by atomic mass is 9.78. The second-order valence-corrected chi connectivity index (χ2v) is 22.1. The maximum atomic E-state index is 14.5. The fourth-order valence-electron chi connectivity index (χ4n) is 11.4. The number of amides is 1. The number of piperidine rings is 1. The number of allylic oxidation sites excluding steroid dienone is 6. The summed E-state index contributed by atoms with van der Waals surface area (Å²) in [6.45, 7) is 14.8. The zero-order valence-electron chi connectivity index (χ0n) is 44.8. The Labute approximate surface area is 429 Å². The Morgan fingerprint density at radius 3 is 2.28 bits per heavy atom. The number of rotatable bonds is 9. The Balaban J connectivity index is 1.47. The second kappa shape index (κ2) is 28.5. The monoisotopic (exact) mass is 1010 g/mol. The summed E-state index contributed by atoms with van der Waals surface area (Å²) in [5.74, 6) is -7.52. The minimum absolute atomic E-state index is 0.00963. The maximum absolute atomic E-state index is 14.5. The van der Waals surface area contributed by atoms with Gasteiger partial charge in [0.2, 0.25) is 5.79 Å². The van der Waals surface area contributed by atoms with E-state index in [9.17, 15) is 39.3 Å². The highest BCUT2D eigenvalue weighted by atomic mass is 16.6. The first-order valence-electron chi connectivity index (χ1n) is 27.1. The van der Waals surface area contributed by atoms with Crippen LogP contribution in [0.1, 0.15) is 145 Å². The van der Waals surface area contributed by atoms with E-state index in [1.807, 2.05) is 58.1 Å². The molecule has 5 rings (SSSR count). The van der Waals surface area contributed by atoms with Gasteiger partial charge in [0.15, 0.2) is 5.78 Å². The maximum Gasteiger partial charge on any atom is 0.329 e. The SMILES string of the molecule is CO[C@@H]1C[C@H](C[C@@H](C)[C@@H]2CC(=O)[C@H](C)/C=C(\C)[C@@H](O)[C@@H](OC)C(=O)[C@H](C)C[C@H](C)/C=C/C=C/C=C(\C)C(OCCC3CCOCC3)CC3CC[C@@H](C)[C@@](O)(O3)C(=O)C(=O)N3CCCCC3C(=O)O2)CC[C@H]1O. The molecule has 2 bridgehead atoms. The lowest BCUT2D eigenvalue weighted by Crippen LogP contribution is -2.61. The van der Waals surface area contributed by atoms with E-state index in [0.29, 0.717) is 75.9 Å². The summed E-state index contributed by atoms with van der Waals surface area (Å²) < 4.78 is 36.0. The van der Waals surface area contributed by atoms with Gasteiger partial charge in [-0.1, -0.05) is 71.1 Å². The van der Waals surface area contributed by atoms with Gasteiger partial charge in [-0.25, -0.2) is 4.79 Å². The van der Waals surface area contributed by atoms with Crippen LogP contribution in [-0.4, -0.2) is 145 Å². The third kappa shape index (κ3) is 16.3. The van der Waals surface area contributed by atoms with Gasteiger partial charge in [0.25, 0.3) is 11.7 Å². The molecule has 5 aliphatic rings. The lowest BCUT2D eigenvalue weighted by Gasteiger charge is -2.43. The van der Waals surface area contributed by atoms with Crippen molar-refractivity contribution in [2.75, 3.05) is 40.6 Å². The summed E-state index contributed by atoms with van der Waals surface area (Å²) in [5, 5.41) is 34.2. The molecule has 4 aliphatic heterocycles. The molecule has 1 amide bonds. The van der Waals surface area contributed by atoms with Gasteiger partial charge in [-0.2, -0.15) is 0 Å². The molecule has 406 valence electrons. The van der Waals surface area contributed by atoms with Gasteiger partial charge in [0.1, 0.15) is 30.1 Å². The van der Waals surface area contributed by atoms with Crippen molar-refractivity contribution >= 4 is 29.2 Å². The Hall–Kier alpha value is -3.41. The number of cyclic esters (lactones) is 1. The zero-order valence-corrected chi connectivity index (χ0v) is 44.8. The lowest BCUT2D eigenvalue weighted by molar-refractivity contribution is -0.266. The summed E-state index contributed by atoms with van der Waals surface area (Å²) >= 11 is 0. The summed E-state index contributed by atoms with van der Waals surface area (Å²) in [6, 6.07) is -1.15. The fourth-order valence-corrected chi connectivity index (χ4v) is 11.4. The number of fused-ring (bicyclic) bond motifs is 3. The molecule has 15 heteroatoms. The summed E-state index contributed by atoms with van der Waals surface area (Å²) in [4.78, 5) is 72.7. The second-order valence-electron chi connectivity index (χ2n) is 22.1. The van der Waals surface area contributed by atoms with E-state index >= 15 is 0 Å². The third-order valence-electron chi connectivity index (χ3n) is 16.4. The Bertz CT molecular complexity index is 1920. The number of nitrogens with zero attached hydrogens (tertiary/aromatic N) is 1. The number of aliphatic hydroxyl groups is 3. The van der Waals surface area contributed by atoms with Gasteiger partial charge in [-0.15, -0.1) is 0 Å². The largest absolute Gasteiger partial charge is 0.460 e. The first-order chi connectivity index (χ1) is 34.3. The van der Waals surface area contributed by atoms with E-state index in [0.717, 1.165) is 44.5 Å². The molecule has 3 N–H and O–H groups in total. The van der Waals surface area contributed by atoms with E-state index in [4.69, 9.17) is 28.4 Å². The van der Waals surface area contributed by atoms with Crippen LogP contribution >= 0.6 is 0 Å². The highest BCUT2D eigenvalue weighted by Gasteiger charge is 2.53. The molecule has 0 aromatic carbocycles. The summed E-state index contributed by atoms with van der Waals surface area (Å²) in [7, 11) is 2.96. The highest BCUT2D eigenvalue weighted by molar-refractivity contribution is 6.39. The van der Waals surface area contributed by atoms with E-state index < -0.39 is 83.9 Å². The van der Waals surface area contributed by atoms with E-state index in [1.54, 1.807) is 34.0 Å². The Kier molecular flexibility index (Phi) is 23.5. The van der Waals surface area contributed by atoms with E-state index in [-0.39, 0.29) is 54.8 Å². The van der Waals surface area contributed by atoms with Crippen LogP contribution in [0.5, 0.6) is 0 Å². The van der Waals surface area contributed by atoms with Crippen LogP contribution in [0.3, 0.4) is 0 Å². The van der Waals surface area contributed by atoms with Crippen molar-refractivity contribution in [2.24, 2.45) is 41.4 Å². The normalized spacial score (nSPS) is 39.2.